The summed E-state index contributed by atoms with van der Waals surface area (Å²) in [4.78, 5) is 22.9. The molecule has 1 heterocycles. The van der Waals surface area contributed by atoms with Crippen molar-refractivity contribution in [2.24, 2.45) is 0 Å². The predicted octanol–water partition coefficient (Wildman–Crippen LogP) is 2.64. The summed E-state index contributed by atoms with van der Waals surface area (Å²) in [5, 5.41) is 11.7. The third-order valence-corrected chi connectivity index (χ3v) is 3.84. The van der Waals surface area contributed by atoms with Crippen LogP contribution in [0, 0.1) is 20.8 Å². The Morgan fingerprint density at radius 3 is 2.44 bits per heavy atom. The van der Waals surface area contributed by atoms with Crippen molar-refractivity contribution in [2.75, 3.05) is 0 Å². The molecule has 0 radical (unpaired) electrons. The molecule has 1 aliphatic rings. The van der Waals surface area contributed by atoms with Crippen LogP contribution in [0.5, 0.6) is 5.75 Å². The number of aryl methyl sites for hydroxylation is 1. The van der Waals surface area contributed by atoms with Gasteiger partial charge in [0, 0.05) is 0 Å². The zero-order valence-electron chi connectivity index (χ0n) is 10.3. The molecule has 1 aliphatic heterocycles. The molecule has 1 fully saturated rings. The van der Waals surface area contributed by atoms with Crippen molar-refractivity contribution < 1.29 is 14.7 Å². The number of phenolic OH excluding ortho intramolecular Hbond substituents is 1. The Hall–Kier alpha value is -1.75. The van der Waals surface area contributed by atoms with Gasteiger partial charge in [0.15, 0.2) is 0 Å². The fourth-order valence-electron chi connectivity index (χ4n) is 1.81. The van der Waals surface area contributed by atoms with Crippen LogP contribution < -0.4 is 5.32 Å². The Bertz CT molecular complexity index is 590. The first-order valence-corrected chi connectivity index (χ1v) is 6.26. The second kappa shape index (κ2) is 4.49. The molecule has 94 valence electrons. The van der Waals surface area contributed by atoms with Crippen LogP contribution in [0.4, 0.5) is 4.79 Å². The van der Waals surface area contributed by atoms with E-state index in [1.165, 1.54) is 0 Å². The monoisotopic (exact) mass is 263 g/mol. The Balaban J connectivity index is 2.50. The fraction of sp³-hybridized carbons (Fsp3) is 0.231. The summed E-state index contributed by atoms with van der Waals surface area (Å²) >= 11 is 0.892. The predicted molar refractivity (Wildman–Crippen MR) is 71.4 cm³/mol. The van der Waals surface area contributed by atoms with Gasteiger partial charge in [-0.1, -0.05) is 0 Å². The highest BCUT2D eigenvalue weighted by molar-refractivity contribution is 8.18. The lowest BCUT2D eigenvalue weighted by Gasteiger charge is -2.10. The maximum absolute atomic E-state index is 11.5. The van der Waals surface area contributed by atoms with Crippen molar-refractivity contribution in [2.45, 2.75) is 20.8 Å². The van der Waals surface area contributed by atoms with E-state index in [0.29, 0.717) is 4.91 Å². The second-order valence-electron chi connectivity index (χ2n) is 4.23. The zero-order chi connectivity index (χ0) is 13.4. The minimum Gasteiger partial charge on any atom is -0.507 e. The van der Waals surface area contributed by atoms with E-state index < -0.39 is 0 Å². The van der Waals surface area contributed by atoms with Gasteiger partial charge in [-0.3, -0.25) is 14.9 Å². The number of imide groups is 1. The molecular weight excluding hydrogens is 250 g/mol. The van der Waals surface area contributed by atoms with Gasteiger partial charge in [-0.25, -0.2) is 0 Å². The van der Waals surface area contributed by atoms with Gasteiger partial charge in [-0.15, -0.1) is 0 Å². The third kappa shape index (κ3) is 2.13. The highest BCUT2D eigenvalue weighted by Crippen LogP contribution is 2.31. The van der Waals surface area contributed by atoms with Gasteiger partial charge in [-0.2, -0.15) is 0 Å². The fourth-order valence-corrected chi connectivity index (χ4v) is 2.49. The number of carbonyl (C=O) groups excluding carboxylic acids is 2. The lowest BCUT2D eigenvalue weighted by Crippen LogP contribution is -2.17. The van der Waals surface area contributed by atoms with Gasteiger partial charge in [0.2, 0.25) is 0 Å². The smallest absolute Gasteiger partial charge is 0.290 e. The molecule has 1 aromatic carbocycles. The summed E-state index contributed by atoms with van der Waals surface area (Å²) in [6, 6.07) is 1.81. The number of aromatic hydroxyl groups is 1. The molecule has 0 aliphatic carbocycles. The minimum absolute atomic E-state index is 0.272. The average molecular weight is 263 g/mol. The summed E-state index contributed by atoms with van der Waals surface area (Å²) in [6.07, 6.45) is 1.68. The van der Waals surface area contributed by atoms with E-state index in [0.717, 1.165) is 34.0 Å². The molecule has 0 unspecified atom stereocenters. The first kappa shape index (κ1) is 12.7. The maximum atomic E-state index is 11.5. The Morgan fingerprint density at radius 2 is 1.89 bits per heavy atom. The molecule has 0 spiro atoms. The number of hydrogen-bond acceptors (Lipinski definition) is 4. The molecule has 0 aromatic heterocycles. The van der Waals surface area contributed by atoms with Crippen LogP contribution in [-0.4, -0.2) is 16.3 Å². The summed E-state index contributed by atoms with van der Waals surface area (Å²) in [7, 11) is 0. The van der Waals surface area contributed by atoms with Gasteiger partial charge in [0.25, 0.3) is 11.1 Å². The number of hydrogen-bond donors (Lipinski definition) is 2. The van der Waals surface area contributed by atoms with E-state index in [1.807, 2.05) is 13.8 Å². The van der Waals surface area contributed by atoms with Gasteiger partial charge in [-0.05, 0) is 66.9 Å². The molecular formula is C13H13NO3S. The van der Waals surface area contributed by atoms with Crippen molar-refractivity contribution in [3.05, 3.63) is 33.2 Å². The normalized spacial score (nSPS) is 17.4. The van der Waals surface area contributed by atoms with Crippen LogP contribution >= 0.6 is 11.8 Å². The van der Waals surface area contributed by atoms with Crippen LogP contribution in [-0.2, 0) is 4.79 Å². The molecule has 1 aromatic rings. The number of phenols is 1. The van der Waals surface area contributed by atoms with Crippen molar-refractivity contribution in [3.8, 4) is 5.75 Å². The lowest BCUT2D eigenvalue weighted by molar-refractivity contribution is -0.115. The summed E-state index contributed by atoms with van der Waals surface area (Å²) < 4.78 is 0. The molecule has 0 bridgehead atoms. The second-order valence-corrected chi connectivity index (χ2v) is 5.25. The number of carbonyl (C=O) groups is 2. The van der Waals surface area contributed by atoms with Gasteiger partial charge < -0.3 is 5.11 Å². The van der Waals surface area contributed by atoms with E-state index in [-0.39, 0.29) is 16.9 Å². The topological polar surface area (TPSA) is 66.4 Å². The van der Waals surface area contributed by atoms with Gasteiger partial charge >= 0.3 is 0 Å². The molecule has 2 rings (SSSR count). The first-order valence-electron chi connectivity index (χ1n) is 5.44. The van der Waals surface area contributed by atoms with Crippen molar-refractivity contribution in [3.63, 3.8) is 0 Å². The molecule has 5 heteroatoms. The van der Waals surface area contributed by atoms with Crippen LogP contribution in [0.3, 0.4) is 0 Å². The van der Waals surface area contributed by atoms with Gasteiger partial charge in [0.1, 0.15) is 5.75 Å². The number of rotatable bonds is 1. The number of benzene rings is 1. The Morgan fingerprint density at radius 1 is 1.22 bits per heavy atom. The molecule has 4 nitrogen and oxygen atoms in total. The molecule has 2 N–H and O–H groups in total. The number of amides is 2. The molecule has 0 atom stereocenters. The average Bonchev–Trinajstić information content (AvgIpc) is 2.62. The van der Waals surface area contributed by atoms with Crippen LogP contribution in [0.15, 0.2) is 11.0 Å². The highest BCUT2D eigenvalue weighted by atomic mass is 32.2. The first-order chi connectivity index (χ1) is 8.40. The minimum atomic E-state index is -0.368. The number of nitrogens with one attached hydrogen (secondary N) is 1. The van der Waals surface area contributed by atoms with E-state index in [4.69, 9.17) is 0 Å². The molecule has 2 amide bonds. The van der Waals surface area contributed by atoms with Crippen LogP contribution in [0.2, 0.25) is 0 Å². The van der Waals surface area contributed by atoms with E-state index in [1.54, 1.807) is 19.1 Å². The van der Waals surface area contributed by atoms with E-state index >= 15 is 0 Å². The van der Waals surface area contributed by atoms with Crippen LogP contribution in [0.1, 0.15) is 22.3 Å². The zero-order valence-corrected chi connectivity index (χ0v) is 11.1. The van der Waals surface area contributed by atoms with Gasteiger partial charge in [0.05, 0.1) is 4.91 Å². The largest absolute Gasteiger partial charge is 0.507 e. The van der Waals surface area contributed by atoms with Crippen molar-refractivity contribution in [1.82, 2.24) is 5.32 Å². The van der Waals surface area contributed by atoms with E-state index in [9.17, 15) is 14.7 Å². The SMILES string of the molecule is Cc1cc(/C=C2/SC(=O)NC2=O)c(C)c(C)c1O. The van der Waals surface area contributed by atoms with E-state index in [2.05, 4.69) is 5.32 Å². The Labute approximate surface area is 109 Å². The summed E-state index contributed by atoms with van der Waals surface area (Å²) in [6.45, 7) is 5.50. The summed E-state index contributed by atoms with van der Waals surface area (Å²) in [5.41, 5.74) is 3.28. The highest BCUT2D eigenvalue weighted by Gasteiger charge is 2.25. The van der Waals surface area contributed by atoms with Crippen molar-refractivity contribution in [1.29, 1.82) is 0 Å². The third-order valence-electron chi connectivity index (χ3n) is 3.02. The quantitative estimate of drug-likeness (QED) is 0.764. The standard InChI is InChI=1S/C13H13NO3S/c1-6-4-9(7(2)8(3)11(6)15)5-10-12(16)14-13(17)18-10/h4-5,15H,1-3H3,(H,14,16,17)/b10-5+. The van der Waals surface area contributed by atoms with Crippen molar-refractivity contribution >= 4 is 29.0 Å². The Kier molecular flexibility index (Phi) is 3.17. The molecule has 18 heavy (non-hydrogen) atoms. The molecule has 0 saturated carbocycles. The number of thioether (sulfide) groups is 1. The maximum Gasteiger partial charge on any atom is 0.290 e. The molecule has 1 saturated heterocycles. The lowest BCUT2D eigenvalue weighted by atomic mass is 9.98. The summed E-state index contributed by atoms with van der Waals surface area (Å²) in [5.74, 6) is -0.0953. The van der Waals surface area contributed by atoms with Crippen LogP contribution in [0.25, 0.3) is 6.08 Å².